The molecule has 1 aromatic rings. The molecular formula is C9H6F3NO4. The molecule has 92 valence electrons. The van der Waals surface area contributed by atoms with Gasteiger partial charge in [0, 0.05) is 0 Å². The van der Waals surface area contributed by atoms with Gasteiger partial charge in [0.2, 0.25) is 5.82 Å². The van der Waals surface area contributed by atoms with Gasteiger partial charge in [-0.2, -0.15) is 13.2 Å². The van der Waals surface area contributed by atoms with Crippen molar-refractivity contribution in [1.82, 2.24) is 0 Å². The normalized spacial score (nSPS) is 10.4. The molecule has 8 heteroatoms. The fourth-order valence-corrected chi connectivity index (χ4v) is 1.14. The summed E-state index contributed by atoms with van der Waals surface area (Å²) in [6.07, 6.45) is 0. The number of nitrogens with zero attached hydrogens (tertiary/aromatic N) is 1. The number of nitro groups is 1. The number of rotatable bonds is 4. The Labute approximate surface area is 93.0 Å². The standard InChI is InChI=1S/C9H6F3NO4/c1-4(14)6-2-5(17-9(11)12)3-7(8(6)10)13(15)16/h2-3,9H,1H3. The Balaban J connectivity index is 3.36. The van der Waals surface area contributed by atoms with Crippen LogP contribution in [0.15, 0.2) is 12.1 Å². The molecule has 1 rings (SSSR count). The summed E-state index contributed by atoms with van der Waals surface area (Å²) in [7, 11) is 0. The Morgan fingerprint density at radius 3 is 2.47 bits per heavy atom. The van der Waals surface area contributed by atoms with E-state index in [1.54, 1.807) is 0 Å². The van der Waals surface area contributed by atoms with Crippen LogP contribution < -0.4 is 4.74 Å². The maximum atomic E-state index is 13.4. The third-order valence-corrected chi connectivity index (χ3v) is 1.83. The van der Waals surface area contributed by atoms with Crippen molar-refractivity contribution in [3.8, 4) is 5.75 Å². The second-order valence-electron chi connectivity index (χ2n) is 3.00. The minimum absolute atomic E-state index is 0.494. The van der Waals surface area contributed by atoms with E-state index < -0.39 is 40.1 Å². The quantitative estimate of drug-likeness (QED) is 0.467. The van der Waals surface area contributed by atoms with Crippen LogP contribution >= 0.6 is 0 Å². The molecule has 0 saturated carbocycles. The Kier molecular flexibility index (Phi) is 3.66. The van der Waals surface area contributed by atoms with Crippen LogP contribution in [0.3, 0.4) is 0 Å². The van der Waals surface area contributed by atoms with Gasteiger partial charge in [0.25, 0.3) is 0 Å². The zero-order valence-corrected chi connectivity index (χ0v) is 8.45. The van der Waals surface area contributed by atoms with E-state index >= 15 is 0 Å². The third-order valence-electron chi connectivity index (χ3n) is 1.83. The molecule has 0 atom stereocenters. The van der Waals surface area contributed by atoms with E-state index in [0.717, 1.165) is 6.92 Å². The first-order chi connectivity index (χ1) is 7.82. The first-order valence-electron chi connectivity index (χ1n) is 4.26. The van der Waals surface area contributed by atoms with Crippen LogP contribution in [0.5, 0.6) is 5.75 Å². The van der Waals surface area contributed by atoms with Gasteiger partial charge in [-0.25, -0.2) is 0 Å². The molecule has 17 heavy (non-hydrogen) atoms. The number of benzene rings is 1. The minimum Gasteiger partial charge on any atom is -0.435 e. The highest BCUT2D eigenvalue weighted by atomic mass is 19.3. The van der Waals surface area contributed by atoms with Gasteiger partial charge in [-0.15, -0.1) is 0 Å². The van der Waals surface area contributed by atoms with Crippen LogP contribution in [0, 0.1) is 15.9 Å². The Bertz CT molecular complexity index is 440. The molecule has 0 N–H and O–H groups in total. The molecule has 0 aliphatic rings. The lowest BCUT2D eigenvalue weighted by Crippen LogP contribution is -2.07. The number of carbonyl (C=O) groups is 1. The van der Waals surface area contributed by atoms with Crippen LogP contribution in [0.2, 0.25) is 0 Å². The number of halogens is 3. The average molecular weight is 249 g/mol. The van der Waals surface area contributed by atoms with Crippen molar-refractivity contribution in [3.05, 3.63) is 33.6 Å². The van der Waals surface area contributed by atoms with Gasteiger partial charge in [-0.1, -0.05) is 0 Å². The first-order valence-corrected chi connectivity index (χ1v) is 4.26. The highest BCUT2D eigenvalue weighted by Gasteiger charge is 2.23. The van der Waals surface area contributed by atoms with Crippen molar-refractivity contribution in [1.29, 1.82) is 0 Å². The first kappa shape index (κ1) is 12.9. The molecule has 0 amide bonds. The summed E-state index contributed by atoms with van der Waals surface area (Å²) in [5.74, 6) is -2.84. The molecule has 0 aliphatic carbocycles. The van der Waals surface area contributed by atoms with Crippen molar-refractivity contribution in [3.63, 3.8) is 0 Å². The van der Waals surface area contributed by atoms with E-state index in [1.165, 1.54) is 0 Å². The Morgan fingerprint density at radius 1 is 1.47 bits per heavy atom. The highest BCUT2D eigenvalue weighted by Crippen LogP contribution is 2.28. The predicted octanol–water partition coefficient (Wildman–Crippen LogP) is 2.54. The average Bonchev–Trinajstić information content (AvgIpc) is 2.18. The van der Waals surface area contributed by atoms with E-state index in [9.17, 15) is 28.1 Å². The summed E-state index contributed by atoms with van der Waals surface area (Å²) in [4.78, 5) is 20.3. The highest BCUT2D eigenvalue weighted by molar-refractivity contribution is 5.95. The molecule has 0 aromatic heterocycles. The lowest BCUT2D eigenvalue weighted by molar-refractivity contribution is -0.387. The largest absolute Gasteiger partial charge is 0.435 e. The van der Waals surface area contributed by atoms with Crippen LogP contribution in [0.1, 0.15) is 17.3 Å². The fraction of sp³-hybridized carbons (Fsp3) is 0.222. The molecule has 0 bridgehead atoms. The topological polar surface area (TPSA) is 69.4 Å². The second-order valence-corrected chi connectivity index (χ2v) is 3.00. The molecule has 5 nitrogen and oxygen atoms in total. The number of alkyl halides is 2. The van der Waals surface area contributed by atoms with E-state index in [1.807, 2.05) is 0 Å². The van der Waals surface area contributed by atoms with Gasteiger partial charge in [0.05, 0.1) is 16.6 Å². The van der Waals surface area contributed by atoms with Crippen molar-refractivity contribution >= 4 is 11.5 Å². The van der Waals surface area contributed by atoms with Crippen molar-refractivity contribution in [2.45, 2.75) is 13.5 Å². The number of ether oxygens (including phenoxy) is 1. The number of carbonyl (C=O) groups excluding carboxylic acids is 1. The van der Waals surface area contributed by atoms with Crippen LogP contribution in [-0.4, -0.2) is 17.3 Å². The van der Waals surface area contributed by atoms with Gasteiger partial charge < -0.3 is 4.74 Å². The summed E-state index contributed by atoms with van der Waals surface area (Å²) in [5.41, 5.74) is -1.76. The summed E-state index contributed by atoms with van der Waals surface area (Å²) in [6, 6.07) is 1.19. The van der Waals surface area contributed by atoms with Gasteiger partial charge in [-0.3, -0.25) is 14.9 Å². The van der Waals surface area contributed by atoms with Crippen LogP contribution in [-0.2, 0) is 0 Å². The van der Waals surface area contributed by atoms with Crippen LogP contribution in [0.4, 0.5) is 18.9 Å². The molecule has 0 spiro atoms. The van der Waals surface area contributed by atoms with Crippen molar-refractivity contribution < 1.29 is 27.6 Å². The molecule has 1 aromatic carbocycles. The molecule has 0 unspecified atom stereocenters. The minimum atomic E-state index is -3.22. The third kappa shape index (κ3) is 2.92. The summed E-state index contributed by atoms with van der Waals surface area (Å²) < 4.78 is 41.1. The SMILES string of the molecule is CC(=O)c1cc(OC(F)F)cc([N+](=O)[O-])c1F. The molecule has 0 heterocycles. The molecule has 0 aliphatic heterocycles. The number of hydrogen-bond acceptors (Lipinski definition) is 4. The Hall–Kier alpha value is -2.12. The van der Waals surface area contributed by atoms with Gasteiger partial charge in [0.15, 0.2) is 5.78 Å². The van der Waals surface area contributed by atoms with E-state index in [2.05, 4.69) is 4.74 Å². The molecular weight excluding hydrogens is 243 g/mol. The number of hydrogen-bond donors (Lipinski definition) is 0. The van der Waals surface area contributed by atoms with E-state index in [4.69, 9.17) is 0 Å². The second kappa shape index (κ2) is 4.81. The number of Topliss-reactive ketones (excluding diaryl/α,β-unsaturated/α-hetero) is 1. The van der Waals surface area contributed by atoms with Gasteiger partial charge in [0.1, 0.15) is 5.75 Å². The lowest BCUT2D eigenvalue weighted by Gasteiger charge is -2.06. The number of ketones is 1. The molecule has 0 saturated heterocycles. The summed E-state index contributed by atoms with van der Waals surface area (Å²) in [5, 5.41) is 10.4. The van der Waals surface area contributed by atoms with Crippen molar-refractivity contribution in [2.24, 2.45) is 0 Å². The number of nitro benzene ring substituents is 1. The van der Waals surface area contributed by atoms with Crippen LogP contribution in [0.25, 0.3) is 0 Å². The summed E-state index contributed by atoms with van der Waals surface area (Å²) >= 11 is 0. The maximum Gasteiger partial charge on any atom is 0.387 e. The van der Waals surface area contributed by atoms with Crippen molar-refractivity contribution in [2.75, 3.05) is 0 Å². The van der Waals surface area contributed by atoms with E-state index in [0.29, 0.717) is 12.1 Å². The maximum absolute atomic E-state index is 13.4. The Morgan fingerprint density at radius 2 is 2.06 bits per heavy atom. The molecule has 0 fully saturated rings. The monoisotopic (exact) mass is 249 g/mol. The lowest BCUT2D eigenvalue weighted by atomic mass is 10.1. The smallest absolute Gasteiger partial charge is 0.387 e. The fourth-order valence-electron chi connectivity index (χ4n) is 1.14. The zero-order chi connectivity index (χ0) is 13.2. The van der Waals surface area contributed by atoms with Gasteiger partial charge in [-0.05, 0) is 13.0 Å². The zero-order valence-electron chi connectivity index (χ0n) is 8.45. The van der Waals surface area contributed by atoms with E-state index in [-0.39, 0.29) is 0 Å². The molecule has 0 radical (unpaired) electrons. The van der Waals surface area contributed by atoms with Gasteiger partial charge >= 0.3 is 12.3 Å². The summed E-state index contributed by atoms with van der Waals surface area (Å²) in [6.45, 7) is -2.27. The predicted molar refractivity (Wildman–Crippen MR) is 49.7 cm³/mol.